The number of allylic oxidation sites excluding steroid dienone is 1. The molecule has 0 saturated carbocycles. The topological polar surface area (TPSA) is 42.3 Å². The first-order valence-electron chi connectivity index (χ1n) is 7.78. The van der Waals surface area contributed by atoms with Crippen molar-refractivity contribution in [2.45, 2.75) is 46.0 Å². The zero-order valence-electron chi connectivity index (χ0n) is 13.9. The third kappa shape index (κ3) is 3.44. The van der Waals surface area contributed by atoms with Gasteiger partial charge in [-0.3, -0.25) is 9.59 Å². The van der Waals surface area contributed by atoms with E-state index in [1.807, 2.05) is 26.0 Å². The summed E-state index contributed by atoms with van der Waals surface area (Å²) in [5.41, 5.74) is 2.15. The van der Waals surface area contributed by atoms with Crippen molar-refractivity contribution in [2.24, 2.45) is 0 Å². The van der Waals surface area contributed by atoms with Crippen LogP contribution in [-0.2, 0) is 11.3 Å². The first-order valence-corrected chi connectivity index (χ1v) is 7.78. The molecule has 0 aliphatic carbocycles. The van der Waals surface area contributed by atoms with Crippen molar-refractivity contribution in [2.75, 3.05) is 6.54 Å². The molecule has 0 radical (unpaired) electrons. The SMILES string of the molecule is C=Cc1c(C)c(C(C)=O)cn1CC(=O)N1CC(F)CC1C=CC. The summed E-state index contributed by atoms with van der Waals surface area (Å²) in [6.45, 7) is 9.16. The van der Waals surface area contributed by atoms with E-state index in [1.54, 1.807) is 21.7 Å². The molecule has 2 rings (SSSR count). The van der Waals surface area contributed by atoms with Crippen LogP contribution in [0.1, 0.15) is 41.9 Å². The average Bonchev–Trinajstić information content (AvgIpc) is 3.00. The highest BCUT2D eigenvalue weighted by molar-refractivity contribution is 5.96. The molecule has 1 amide bonds. The normalized spacial score (nSPS) is 21.1. The van der Waals surface area contributed by atoms with Crippen LogP contribution in [0.5, 0.6) is 0 Å². The maximum Gasteiger partial charge on any atom is 0.243 e. The maximum absolute atomic E-state index is 13.7. The van der Waals surface area contributed by atoms with Gasteiger partial charge < -0.3 is 9.47 Å². The van der Waals surface area contributed by atoms with Gasteiger partial charge in [-0.05, 0) is 32.4 Å². The number of alkyl halides is 1. The molecule has 4 nitrogen and oxygen atoms in total. The molecule has 2 atom stereocenters. The molecule has 1 aliphatic rings. The van der Waals surface area contributed by atoms with E-state index >= 15 is 0 Å². The second-order valence-electron chi connectivity index (χ2n) is 5.91. The Morgan fingerprint density at radius 1 is 1.48 bits per heavy atom. The molecule has 23 heavy (non-hydrogen) atoms. The van der Waals surface area contributed by atoms with Gasteiger partial charge in [0.2, 0.25) is 5.91 Å². The van der Waals surface area contributed by atoms with Gasteiger partial charge in [0.05, 0.1) is 12.6 Å². The zero-order chi connectivity index (χ0) is 17.1. The number of Topliss-reactive ketones (excluding diaryl/α,β-unsaturated/α-hetero) is 1. The smallest absolute Gasteiger partial charge is 0.243 e. The Bertz CT molecular complexity index is 660. The first kappa shape index (κ1) is 17.2. The molecule has 0 bridgehead atoms. The Kier molecular flexibility index (Phi) is 5.19. The lowest BCUT2D eigenvalue weighted by Gasteiger charge is -2.22. The molecule has 0 aromatic carbocycles. The minimum atomic E-state index is -0.988. The van der Waals surface area contributed by atoms with Gasteiger partial charge in [-0.15, -0.1) is 0 Å². The van der Waals surface area contributed by atoms with E-state index < -0.39 is 6.17 Å². The maximum atomic E-state index is 13.7. The van der Waals surface area contributed by atoms with Crippen LogP contribution in [-0.4, -0.2) is 39.9 Å². The van der Waals surface area contributed by atoms with Crippen molar-refractivity contribution in [3.05, 3.63) is 41.7 Å². The van der Waals surface area contributed by atoms with E-state index in [2.05, 4.69) is 6.58 Å². The molecule has 0 N–H and O–H groups in total. The molecule has 0 spiro atoms. The number of halogens is 1. The molecule has 1 aliphatic heterocycles. The van der Waals surface area contributed by atoms with Gasteiger partial charge in [0.25, 0.3) is 0 Å². The summed E-state index contributed by atoms with van der Waals surface area (Å²) in [7, 11) is 0. The number of amides is 1. The quantitative estimate of drug-likeness (QED) is 0.618. The van der Waals surface area contributed by atoms with E-state index in [9.17, 15) is 14.0 Å². The number of likely N-dealkylation sites (tertiary alicyclic amines) is 1. The lowest BCUT2D eigenvalue weighted by molar-refractivity contribution is -0.132. The highest BCUT2D eigenvalue weighted by Gasteiger charge is 2.33. The molecule has 1 aromatic heterocycles. The van der Waals surface area contributed by atoms with Crippen LogP contribution in [0.15, 0.2) is 24.9 Å². The predicted molar refractivity (Wildman–Crippen MR) is 89.1 cm³/mol. The van der Waals surface area contributed by atoms with Crippen molar-refractivity contribution in [3.8, 4) is 0 Å². The van der Waals surface area contributed by atoms with Gasteiger partial charge >= 0.3 is 0 Å². The van der Waals surface area contributed by atoms with Crippen LogP contribution in [0.3, 0.4) is 0 Å². The number of hydrogen-bond donors (Lipinski definition) is 0. The molecule has 5 heteroatoms. The van der Waals surface area contributed by atoms with Gasteiger partial charge in [-0.2, -0.15) is 0 Å². The minimum Gasteiger partial charge on any atom is -0.338 e. The fraction of sp³-hybridized carbons (Fsp3) is 0.444. The second-order valence-corrected chi connectivity index (χ2v) is 5.91. The zero-order valence-corrected chi connectivity index (χ0v) is 13.9. The largest absolute Gasteiger partial charge is 0.338 e. The standard InChI is InChI=1S/C18H23FN2O2/c1-5-7-15-8-14(19)9-21(15)18(23)11-20-10-16(13(4)22)12(3)17(20)6-2/h5-7,10,14-15H,2,8-9,11H2,1,3-4H3. The van der Waals surface area contributed by atoms with Gasteiger partial charge in [-0.25, -0.2) is 4.39 Å². The first-order chi connectivity index (χ1) is 10.9. The minimum absolute atomic E-state index is 0.0476. The third-order valence-corrected chi connectivity index (χ3v) is 4.29. The number of rotatable bonds is 5. The van der Waals surface area contributed by atoms with Crippen molar-refractivity contribution in [1.29, 1.82) is 0 Å². The van der Waals surface area contributed by atoms with E-state index in [0.29, 0.717) is 12.0 Å². The van der Waals surface area contributed by atoms with Crippen LogP contribution in [0.25, 0.3) is 6.08 Å². The van der Waals surface area contributed by atoms with E-state index in [4.69, 9.17) is 0 Å². The summed E-state index contributed by atoms with van der Waals surface area (Å²) in [6, 6.07) is -0.196. The van der Waals surface area contributed by atoms with Gasteiger partial charge in [0.1, 0.15) is 12.7 Å². The Morgan fingerprint density at radius 3 is 2.74 bits per heavy atom. The van der Waals surface area contributed by atoms with Crippen LogP contribution in [0.4, 0.5) is 4.39 Å². The van der Waals surface area contributed by atoms with Gasteiger partial charge in [0.15, 0.2) is 5.78 Å². The summed E-state index contributed by atoms with van der Waals surface area (Å²) in [5.74, 6) is -0.199. The second kappa shape index (κ2) is 6.94. The van der Waals surface area contributed by atoms with E-state index in [-0.39, 0.29) is 30.8 Å². The molecular formula is C18H23FN2O2. The number of aromatic nitrogens is 1. The predicted octanol–water partition coefficient (Wildman–Crippen LogP) is 3.16. The fourth-order valence-electron chi connectivity index (χ4n) is 3.17. The number of carbonyl (C=O) groups is 2. The molecule has 1 saturated heterocycles. The number of nitrogens with zero attached hydrogens (tertiary/aromatic N) is 2. The average molecular weight is 318 g/mol. The van der Waals surface area contributed by atoms with Crippen LogP contribution in [0.2, 0.25) is 0 Å². The molecule has 1 fully saturated rings. The Balaban J connectivity index is 2.25. The molecule has 1 aromatic rings. The van der Waals surface area contributed by atoms with Crippen molar-refractivity contribution in [3.63, 3.8) is 0 Å². The summed E-state index contributed by atoms with van der Waals surface area (Å²) >= 11 is 0. The highest BCUT2D eigenvalue weighted by atomic mass is 19.1. The highest BCUT2D eigenvalue weighted by Crippen LogP contribution is 2.23. The molecule has 124 valence electrons. The van der Waals surface area contributed by atoms with E-state index in [0.717, 1.165) is 11.3 Å². The van der Waals surface area contributed by atoms with Crippen molar-refractivity contribution >= 4 is 17.8 Å². The van der Waals surface area contributed by atoms with Crippen LogP contribution >= 0.6 is 0 Å². The molecule has 2 unspecified atom stereocenters. The summed E-state index contributed by atoms with van der Waals surface area (Å²) < 4.78 is 15.4. The van der Waals surface area contributed by atoms with Crippen LogP contribution in [0, 0.1) is 6.92 Å². The monoisotopic (exact) mass is 318 g/mol. The summed E-state index contributed by atoms with van der Waals surface area (Å²) in [5, 5.41) is 0. The fourth-order valence-corrected chi connectivity index (χ4v) is 3.17. The molecular weight excluding hydrogens is 295 g/mol. The lowest BCUT2D eigenvalue weighted by atomic mass is 10.1. The molecule has 2 heterocycles. The Hall–Kier alpha value is -2.17. The summed E-state index contributed by atoms with van der Waals surface area (Å²) in [6.07, 6.45) is 6.37. The number of carbonyl (C=O) groups excluding carboxylic acids is 2. The third-order valence-electron chi connectivity index (χ3n) is 4.29. The van der Waals surface area contributed by atoms with Gasteiger partial charge in [0, 0.05) is 23.9 Å². The van der Waals surface area contributed by atoms with Gasteiger partial charge in [-0.1, -0.05) is 18.7 Å². The number of ketones is 1. The number of hydrogen-bond acceptors (Lipinski definition) is 2. The Labute approximate surface area is 136 Å². The summed E-state index contributed by atoms with van der Waals surface area (Å²) in [4.78, 5) is 25.8. The lowest BCUT2D eigenvalue weighted by Crippen LogP contribution is -2.37. The van der Waals surface area contributed by atoms with Crippen molar-refractivity contribution < 1.29 is 14.0 Å². The van der Waals surface area contributed by atoms with E-state index in [1.165, 1.54) is 6.92 Å². The van der Waals surface area contributed by atoms with Crippen molar-refractivity contribution in [1.82, 2.24) is 9.47 Å². The van der Waals surface area contributed by atoms with Crippen LogP contribution < -0.4 is 0 Å². The Morgan fingerprint density at radius 2 is 2.17 bits per heavy atom.